The number of carbonyl (C=O) groups is 1. The van der Waals surface area contributed by atoms with Crippen molar-refractivity contribution in [3.8, 4) is 11.3 Å². The van der Waals surface area contributed by atoms with E-state index in [4.69, 9.17) is 4.74 Å². The lowest BCUT2D eigenvalue weighted by Gasteiger charge is -2.20. The van der Waals surface area contributed by atoms with E-state index in [-0.39, 0.29) is 16.9 Å². The lowest BCUT2D eigenvalue weighted by atomic mass is 10.2. The Balaban J connectivity index is 1.41. The van der Waals surface area contributed by atoms with Crippen molar-refractivity contribution < 1.29 is 17.9 Å². The van der Waals surface area contributed by atoms with Crippen LogP contribution in [0.3, 0.4) is 0 Å². The highest BCUT2D eigenvalue weighted by Gasteiger charge is 2.26. The first-order valence-corrected chi connectivity index (χ1v) is 12.3. The second-order valence-electron chi connectivity index (χ2n) is 7.30. The van der Waals surface area contributed by atoms with E-state index in [2.05, 4.69) is 10.3 Å². The lowest BCUT2D eigenvalue weighted by Crippen LogP contribution is -2.34. The number of ether oxygens (including phenoxy) is 1. The SMILES string of the molecule is CN(C[C@H]1CCCO1)S(=O)(=O)c1ccc(C(=O)Nc2nc(-c3ccccc3)cs2)cc1. The molecule has 1 saturated heterocycles. The van der Waals surface area contributed by atoms with Gasteiger partial charge in [0.05, 0.1) is 16.7 Å². The van der Waals surface area contributed by atoms with Crippen molar-refractivity contribution in [2.45, 2.75) is 23.8 Å². The zero-order valence-corrected chi connectivity index (χ0v) is 18.7. The second kappa shape index (κ2) is 9.27. The van der Waals surface area contributed by atoms with Gasteiger partial charge in [0.2, 0.25) is 10.0 Å². The Hall–Kier alpha value is -2.59. The summed E-state index contributed by atoms with van der Waals surface area (Å²) in [6.07, 6.45) is 1.75. The molecule has 4 rings (SSSR count). The van der Waals surface area contributed by atoms with Crippen LogP contribution in [0.4, 0.5) is 5.13 Å². The van der Waals surface area contributed by atoms with Crippen molar-refractivity contribution in [1.82, 2.24) is 9.29 Å². The Labute approximate surface area is 185 Å². The number of anilines is 1. The molecule has 0 aliphatic carbocycles. The number of carbonyl (C=O) groups excluding carboxylic acids is 1. The molecule has 3 aromatic rings. The summed E-state index contributed by atoms with van der Waals surface area (Å²) in [6, 6.07) is 15.6. The normalized spacial score (nSPS) is 16.5. The second-order valence-corrected chi connectivity index (χ2v) is 10.2. The molecule has 2 heterocycles. The maximum absolute atomic E-state index is 12.8. The molecule has 7 nitrogen and oxygen atoms in total. The molecule has 9 heteroatoms. The lowest BCUT2D eigenvalue weighted by molar-refractivity contribution is 0.0979. The monoisotopic (exact) mass is 457 g/mol. The third-order valence-electron chi connectivity index (χ3n) is 5.10. The highest BCUT2D eigenvalue weighted by Crippen LogP contribution is 2.25. The first kappa shape index (κ1) is 21.6. The molecule has 31 heavy (non-hydrogen) atoms. The molecule has 0 unspecified atom stereocenters. The summed E-state index contributed by atoms with van der Waals surface area (Å²) < 4.78 is 32.4. The molecule has 1 aliphatic rings. The number of aromatic nitrogens is 1. The summed E-state index contributed by atoms with van der Waals surface area (Å²) in [4.78, 5) is 17.2. The van der Waals surface area contributed by atoms with Crippen molar-refractivity contribution in [3.63, 3.8) is 0 Å². The number of nitrogens with zero attached hydrogens (tertiary/aromatic N) is 2. The van der Waals surface area contributed by atoms with Crippen LogP contribution >= 0.6 is 11.3 Å². The van der Waals surface area contributed by atoms with Gasteiger partial charge >= 0.3 is 0 Å². The van der Waals surface area contributed by atoms with Crippen LogP contribution in [0, 0.1) is 0 Å². The van der Waals surface area contributed by atoms with E-state index in [9.17, 15) is 13.2 Å². The van der Waals surface area contributed by atoms with Crippen molar-refractivity contribution >= 4 is 32.4 Å². The minimum absolute atomic E-state index is 0.0658. The van der Waals surface area contributed by atoms with E-state index < -0.39 is 10.0 Å². The van der Waals surface area contributed by atoms with E-state index in [1.807, 2.05) is 35.7 Å². The number of hydrogen-bond acceptors (Lipinski definition) is 6. The molecule has 2 aromatic carbocycles. The minimum Gasteiger partial charge on any atom is -0.377 e. The van der Waals surface area contributed by atoms with E-state index in [0.29, 0.717) is 23.8 Å². The van der Waals surface area contributed by atoms with Crippen LogP contribution in [0.1, 0.15) is 23.2 Å². The van der Waals surface area contributed by atoms with Gasteiger partial charge in [-0.2, -0.15) is 4.31 Å². The number of nitrogens with one attached hydrogen (secondary N) is 1. The highest BCUT2D eigenvalue weighted by molar-refractivity contribution is 7.89. The molecule has 162 valence electrons. The third kappa shape index (κ3) is 5.01. The number of amides is 1. The number of thiazole rings is 1. The molecule has 1 fully saturated rings. The number of hydrogen-bond donors (Lipinski definition) is 1. The maximum atomic E-state index is 12.8. The van der Waals surface area contributed by atoms with Gasteiger partial charge in [-0.25, -0.2) is 13.4 Å². The van der Waals surface area contributed by atoms with E-state index in [1.165, 1.54) is 39.9 Å². The van der Waals surface area contributed by atoms with E-state index >= 15 is 0 Å². The molecule has 0 saturated carbocycles. The summed E-state index contributed by atoms with van der Waals surface area (Å²) in [5.74, 6) is -0.342. The Bertz CT molecular complexity index is 1140. The Morgan fingerprint density at radius 1 is 1.19 bits per heavy atom. The molecule has 1 atom stereocenters. The van der Waals surface area contributed by atoms with Gasteiger partial charge < -0.3 is 4.74 Å². The summed E-state index contributed by atoms with van der Waals surface area (Å²) in [5.41, 5.74) is 2.12. The minimum atomic E-state index is -3.64. The molecule has 1 amide bonds. The van der Waals surface area contributed by atoms with Gasteiger partial charge in [-0.3, -0.25) is 10.1 Å². The largest absolute Gasteiger partial charge is 0.377 e. The highest BCUT2D eigenvalue weighted by atomic mass is 32.2. The number of sulfonamides is 1. The van der Waals surface area contributed by atoms with Gasteiger partial charge in [0.15, 0.2) is 5.13 Å². The molecule has 1 N–H and O–H groups in total. The molecule has 0 radical (unpaired) electrons. The van der Waals surface area contributed by atoms with Crippen LogP contribution in [-0.2, 0) is 14.8 Å². The zero-order valence-electron chi connectivity index (χ0n) is 17.0. The maximum Gasteiger partial charge on any atom is 0.257 e. The van der Waals surface area contributed by atoms with Gasteiger partial charge in [-0.1, -0.05) is 30.3 Å². The van der Waals surface area contributed by atoms with Crippen molar-refractivity contribution in [2.24, 2.45) is 0 Å². The van der Waals surface area contributed by atoms with Crippen molar-refractivity contribution in [3.05, 3.63) is 65.5 Å². The van der Waals surface area contributed by atoms with Crippen LogP contribution in [0.5, 0.6) is 0 Å². The van der Waals surface area contributed by atoms with Crippen LogP contribution < -0.4 is 5.32 Å². The molecule has 0 spiro atoms. The molecule has 0 bridgehead atoms. The van der Waals surface area contributed by atoms with Gasteiger partial charge in [-0.15, -0.1) is 11.3 Å². The van der Waals surface area contributed by atoms with E-state index in [1.54, 1.807) is 7.05 Å². The third-order valence-corrected chi connectivity index (χ3v) is 7.70. The average molecular weight is 458 g/mol. The molecular formula is C22H23N3O4S2. The fourth-order valence-corrected chi connectivity index (χ4v) is 5.29. The van der Waals surface area contributed by atoms with Crippen LogP contribution in [0.2, 0.25) is 0 Å². The molecule has 1 aromatic heterocycles. The predicted molar refractivity (Wildman–Crippen MR) is 121 cm³/mol. The van der Waals surface area contributed by atoms with Crippen molar-refractivity contribution in [1.29, 1.82) is 0 Å². The first-order valence-electron chi connectivity index (χ1n) is 9.94. The van der Waals surface area contributed by atoms with Gasteiger partial charge in [0, 0.05) is 36.7 Å². The summed E-state index contributed by atoms with van der Waals surface area (Å²) in [5, 5.41) is 5.13. The quantitative estimate of drug-likeness (QED) is 0.582. The Kier molecular flexibility index (Phi) is 6.47. The first-order chi connectivity index (χ1) is 14.9. The fourth-order valence-electron chi connectivity index (χ4n) is 3.37. The number of likely N-dealkylation sites (N-methyl/N-ethyl adjacent to an activating group) is 1. The fraction of sp³-hybridized carbons (Fsp3) is 0.273. The average Bonchev–Trinajstić information content (AvgIpc) is 3.46. The number of benzene rings is 2. The molecule has 1 aliphatic heterocycles. The van der Waals surface area contributed by atoms with Crippen molar-refractivity contribution in [2.75, 3.05) is 25.5 Å². The van der Waals surface area contributed by atoms with Gasteiger partial charge in [-0.05, 0) is 37.1 Å². The Morgan fingerprint density at radius 2 is 1.94 bits per heavy atom. The molecular weight excluding hydrogens is 434 g/mol. The zero-order chi connectivity index (χ0) is 21.8. The van der Waals surface area contributed by atoms with Crippen LogP contribution in [-0.4, -0.2) is 49.9 Å². The van der Waals surface area contributed by atoms with Crippen LogP contribution in [0.15, 0.2) is 64.9 Å². The topological polar surface area (TPSA) is 88.6 Å². The van der Waals surface area contributed by atoms with Gasteiger partial charge in [0.1, 0.15) is 0 Å². The summed E-state index contributed by atoms with van der Waals surface area (Å²) in [7, 11) is -2.10. The van der Waals surface area contributed by atoms with E-state index in [0.717, 1.165) is 24.1 Å². The Morgan fingerprint density at radius 3 is 2.61 bits per heavy atom. The standard InChI is InChI=1S/C22H23N3O4S2/c1-25(14-18-8-5-13-29-18)31(27,28)19-11-9-17(10-12-19)21(26)24-22-23-20(15-30-22)16-6-3-2-4-7-16/h2-4,6-7,9-12,15,18H,5,8,13-14H2,1H3,(H,23,24,26)/t18-/m1/s1. The summed E-state index contributed by atoms with van der Waals surface area (Å²) >= 11 is 1.34. The van der Waals surface area contributed by atoms with Gasteiger partial charge in [0.25, 0.3) is 5.91 Å². The summed E-state index contributed by atoms with van der Waals surface area (Å²) in [6.45, 7) is 0.993. The predicted octanol–water partition coefficient (Wildman–Crippen LogP) is 3.86. The number of rotatable bonds is 7. The van der Waals surface area contributed by atoms with Crippen LogP contribution in [0.25, 0.3) is 11.3 Å². The smallest absolute Gasteiger partial charge is 0.257 e.